The van der Waals surface area contributed by atoms with E-state index in [1.165, 1.54) is 0 Å². The molecule has 1 aliphatic heterocycles. The summed E-state index contributed by atoms with van der Waals surface area (Å²) in [5.41, 5.74) is 1.49. The van der Waals surface area contributed by atoms with E-state index in [1.54, 1.807) is 6.92 Å². The van der Waals surface area contributed by atoms with E-state index in [0.717, 1.165) is 31.5 Å². The van der Waals surface area contributed by atoms with Gasteiger partial charge in [-0.2, -0.15) is 4.98 Å². The van der Waals surface area contributed by atoms with Gasteiger partial charge >= 0.3 is 0 Å². The van der Waals surface area contributed by atoms with Gasteiger partial charge in [-0.15, -0.1) is 0 Å². The van der Waals surface area contributed by atoms with Gasteiger partial charge in [0.15, 0.2) is 0 Å². The Kier molecular flexibility index (Phi) is 3.73. The Bertz CT molecular complexity index is 642. The second kappa shape index (κ2) is 5.68. The molecule has 0 saturated carbocycles. The van der Waals surface area contributed by atoms with Gasteiger partial charge in [-0.25, -0.2) is 0 Å². The third-order valence-corrected chi connectivity index (χ3v) is 3.97. The maximum absolute atomic E-state index is 12.6. The predicted octanol–water partition coefficient (Wildman–Crippen LogP) is 2.92. The van der Waals surface area contributed by atoms with E-state index in [2.05, 4.69) is 17.1 Å². The molecular formula is C16H19N3O2. The molecule has 5 nitrogen and oxygen atoms in total. The lowest BCUT2D eigenvalue weighted by Crippen LogP contribution is -2.37. The Hall–Kier alpha value is -2.17. The Balaban J connectivity index is 1.81. The summed E-state index contributed by atoms with van der Waals surface area (Å²) < 4.78 is 4.99. The first-order valence-corrected chi connectivity index (χ1v) is 7.33. The normalized spacial score (nSPS) is 16.2. The van der Waals surface area contributed by atoms with Gasteiger partial charge in [-0.1, -0.05) is 24.2 Å². The number of aromatic nitrogens is 2. The van der Waals surface area contributed by atoms with Crippen LogP contribution in [0.2, 0.25) is 0 Å². The van der Waals surface area contributed by atoms with E-state index in [9.17, 15) is 4.79 Å². The molecule has 1 amide bonds. The Morgan fingerprint density at radius 3 is 2.76 bits per heavy atom. The highest BCUT2D eigenvalue weighted by molar-refractivity contribution is 5.95. The summed E-state index contributed by atoms with van der Waals surface area (Å²) in [6.45, 7) is 5.67. The maximum Gasteiger partial charge on any atom is 0.253 e. The molecule has 0 atom stereocenters. The van der Waals surface area contributed by atoms with Crippen LogP contribution in [0, 0.1) is 12.8 Å². The van der Waals surface area contributed by atoms with E-state index in [-0.39, 0.29) is 5.91 Å². The first-order chi connectivity index (χ1) is 10.1. The summed E-state index contributed by atoms with van der Waals surface area (Å²) in [6, 6.07) is 7.43. The summed E-state index contributed by atoms with van der Waals surface area (Å²) in [5.74, 6) is 1.84. The molecule has 110 valence electrons. The van der Waals surface area contributed by atoms with Gasteiger partial charge in [0.25, 0.3) is 5.91 Å². The van der Waals surface area contributed by atoms with Crippen molar-refractivity contribution in [1.82, 2.24) is 15.0 Å². The lowest BCUT2D eigenvalue weighted by Gasteiger charge is -2.30. The minimum Gasteiger partial charge on any atom is -0.339 e. The molecule has 0 spiro atoms. The molecule has 5 heteroatoms. The minimum absolute atomic E-state index is 0.0870. The summed E-state index contributed by atoms with van der Waals surface area (Å²) in [6.07, 6.45) is 2.16. The van der Waals surface area contributed by atoms with E-state index in [0.29, 0.717) is 23.2 Å². The Morgan fingerprint density at radius 1 is 1.33 bits per heavy atom. The molecule has 1 aromatic carbocycles. The molecule has 1 aliphatic rings. The van der Waals surface area contributed by atoms with Crippen molar-refractivity contribution in [3.05, 3.63) is 35.7 Å². The van der Waals surface area contributed by atoms with Crippen LogP contribution < -0.4 is 0 Å². The van der Waals surface area contributed by atoms with Crippen molar-refractivity contribution in [2.24, 2.45) is 5.92 Å². The van der Waals surface area contributed by atoms with Gasteiger partial charge in [0.2, 0.25) is 11.7 Å². The SMILES string of the molecule is Cc1nc(-c2cccc(C(=O)N3CCC(C)CC3)c2)no1. The number of rotatable bonds is 2. The van der Waals surface area contributed by atoms with Crippen LogP contribution in [-0.2, 0) is 0 Å². The highest BCUT2D eigenvalue weighted by atomic mass is 16.5. The molecule has 3 rings (SSSR count). The zero-order valence-electron chi connectivity index (χ0n) is 12.4. The van der Waals surface area contributed by atoms with Crippen LogP contribution in [0.25, 0.3) is 11.4 Å². The highest BCUT2D eigenvalue weighted by Crippen LogP contribution is 2.21. The molecule has 2 aromatic rings. The monoisotopic (exact) mass is 285 g/mol. The van der Waals surface area contributed by atoms with Crippen molar-refractivity contribution in [2.75, 3.05) is 13.1 Å². The number of carbonyl (C=O) groups is 1. The Labute approximate surface area is 124 Å². The number of amides is 1. The molecule has 0 radical (unpaired) electrons. The van der Waals surface area contributed by atoms with Crippen molar-refractivity contribution in [1.29, 1.82) is 0 Å². The van der Waals surface area contributed by atoms with Crippen LogP contribution in [0.5, 0.6) is 0 Å². The first kappa shape index (κ1) is 13.8. The number of benzene rings is 1. The van der Waals surface area contributed by atoms with Gasteiger partial charge in [0.05, 0.1) is 0 Å². The zero-order chi connectivity index (χ0) is 14.8. The highest BCUT2D eigenvalue weighted by Gasteiger charge is 2.21. The quantitative estimate of drug-likeness (QED) is 0.851. The fraction of sp³-hybridized carbons (Fsp3) is 0.438. The number of carbonyl (C=O) groups excluding carboxylic acids is 1. The van der Waals surface area contributed by atoms with Crippen molar-refractivity contribution in [3.63, 3.8) is 0 Å². The number of piperidine rings is 1. The second-order valence-corrected chi connectivity index (χ2v) is 5.69. The van der Waals surface area contributed by atoms with Gasteiger partial charge < -0.3 is 9.42 Å². The van der Waals surface area contributed by atoms with Gasteiger partial charge in [0, 0.05) is 31.1 Å². The number of hydrogen-bond acceptors (Lipinski definition) is 4. The number of hydrogen-bond donors (Lipinski definition) is 0. The topological polar surface area (TPSA) is 59.2 Å². The molecule has 0 N–H and O–H groups in total. The summed E-state index contributed by atoms with van der Waals surface area (Å²) >= 11 is 0. The molecule has 1 fully saturated rings. The Morgan fingerprint density at radius 2 is 2.10 bits per heavy atom. The zero-order valence-corrected chi connectivity index (χ0v) is 12.4. The van der Waals surface area contributed by atoms with Crippen molar-refractivity contribution >= 4 is 5.91 Å². The van der Waals surface area contributed by atoms with E-state index < -0.39 is 0 Å². The molecule has 2 heterocycles. The van der Waals surface area contributed by atoms with Crippen LogP contribution in [0.3, 0.4) is 0 Å². The number of aryl methyl sites for hydroxylation is 1. The van der Waals surface area contributed by atoms with E-state index in [1.807, 2.05) is 29.2 Å². The van der Waals surface area contributed by atoms with Crippen LogP contribution in [0.4, 0.5) is 0 Å². The van der Waals surface area contributed by atoms with Gasteiger partial charge in [-0.3, -0.25) is 4.79 Å². The van der Waals surface area contributed by atoms with Gasteiger partial charge in [-0.05, 0) is 30.9 Å². The lowest BCUT2D eigenvalue weighted by molar-refractivity contribution is 0.0697. The van der Waals surface area contributed by atoms with Crippen LogP contribution in [-0.4, -0.2) is 34.0 Å². The van der Waals surface area contributed by atoms with Crippen LogP contribution in [0.1, 0.15) is 36.0 Å². The van der Waals surface area contributed by atoms with Crippen molar-refractivity contribution < 1.29 is 9.32 Å². The molecule has 0 unspecified atom stereocenters. The molecule has 1 aromatic heterocycles. The first-order valence-electron chi connectivity index (χ1n) is 7.33. The summed E-state index contributed by atoms with van der Waals surface area (Å²) in [5, 5.41) is 3.90. The van der Waals surface area contributed by atoms with Crippen molar-refractivity contribution in [2.45, 2.75) is 26.7 Å². The number of likely N-dealkylation sites (tertiary alicyclic amines) is 1. The fourth-order valence-electron chi connectivity index (χ4n) is 2.60. The lowest BCUT2D eigenvalue weighted by atomic mass is 9.98. The standard InChI is InChI=1S/C16H19N3O2/c1-11-6-8-19(9-7-11)16(20)14-5-3-4-13(10-14)15-17-12(2)21-18-15/h3-5,10-11H,6-9H2,1-2H3. The third kappa shape index (κ3) is 2.96. The maximum atomic E-state index is 12.6. The molecule has 0 bridgehead atoms. The smallest absolute Gasteiger partial charge is 0.253 e. The molecule has 0 aliphatic carbocycles. The third-order valence-electron chi connectivity index (χ3n) is 3.97. The van der Waals surface area contributed by atoms with Crippen molar-refractivity contribution in [3.8, 4) is 11.4 Å². The van der Waals surface area contributed by atoms with Gasteiger partial charge in [0.1, 0.15) is 0 Å². The van der Waals surface area contributed by atoms with E-state index >= 15 is 0 Å². The average molecular weight is 285 g/mol. The van der Waals surface area contributed by atoms with E-state index in [4.69, 9.17) is 4.52 Å². The minimum atomic E-state index is 0.0870. The number of nitrogens with zero attached hydrogens (tertiary/aromatic N) is 3. The fourth-order valence-corrected chi connectivity index (χ4v) is 2.60. The van der Waals surface area contributed by atoms with Crippen LogP contribution in [0.15, 0.2) is 28.8 Å². The summed E-state index contributed by atoms with van der Waals surface area (Å²) in [7, 11) is 0. The summed E-state index contributed by atoms with van der Waals surface area (Å²) in [4.78, 5) is 18.7. The predicted molar refractivity (Wildman–Crippen MR) is 78.8 cm³/mol. The molecular weight excluding hydrogens is 266 g/mol. The molecule has 21 heavy (non-hydrogen) atoms. The van der Waals surface area contributed by atoms with Crippen LogP contribution >= 0.6 is 0 Å². The second-order valence-electron chi connectivity index (χ2n) is 5.69. The average Bonchev–Trinajstić information content (AvgIpc) is 2.94. The molecule has 1 saturated heterocycles. The largest absolute Gasteiger partial charge is 0.339 e.